The number of nitrogens with zero attached hydrogens (tertiary/aromatic N) is 3. The van der Waals surface area contributed by atoms with Gasteiger partial charge in [0, 0.05) is 31.0 Å². The van der Waals surface area contributed by atoms with Gasteiger partial charge in [0.25, 0.3) is 5.89 Å². The molecule has 2 aromatic carbocycles. The van der Waals surface area contributed by atoms with Crippen LogP contribution >= 0.6 is 0 Å². The largest absolute Gasteiger partial charge is 0.380 e. The number of aryl methyl sites for hydroxylation is 2. The first-order chi connectivity index (χ1) is 16.1. The van der Waals surface area contributed by atoms with E-state index in [2.05, 4.69) is 64.6 Å². The molecule has 0 saturated heterocycles. The Morgan fingerprint density at radius 1 is 0.970 bits per heavy atom. The van der Waals surface area contributed by atoms with Crippen molar-refractivity contribution in [3.05, 3.63) is 71.4 Å². The van der Waals surface area contributed by atoms with E-state index in [4.69, 9.17) is 9.26 Å². The summed E-state index contributed by atoms with van der Waals surface area (Å²) < 4.78 is 11.1. The molecule has 170 valence electrons. The van der Waals surface area contributed by atoms with E-state index < -0.39 is 0 Å². The van der Waals surface area contributed by atoms with Gasteiger partial charge in [-0.15, -0.1) is 0 Å². The van der Waals surface area contributed by atoms with Crippen molar-refractivity contribution in [1.29, 1.82) is 0 Å². The molecular weight excluding hydrogens is 412 g/mol. The maximum absolute atomic E-state index is 5.61. The zero-order valence-corrected chi connectivity index (χ0v) is 19.7. The molecule has 0 amide bonds. The van der Waals surface area contributed by atoms with Gasteiger partial charge in [0.2, 0.25) is 5.82 Å². The number of hydrogen-bond donors (Lipinski definition) is 1. The average molecular weight is 443 g/mol. The minimum Gasteiger partial charge on any atom is -0.380 e. The molecule has 0 unspecified atom stereocenters. The molecule has 0 aliphatic heterocycles. The maximum atomic E-state index is 5.61. The molecule has 2 heterocycles. The van der Waals surface area contributed by atoms with E-state index in [9.17, 15) is 0 Å². The fourth-order valence-corrected chi connectivity index (χ4v) is 3.86. The number of nitrogens with one attached hydrogen (secondary N) is 1. The second kappa shape index (κ2) is 10.4. The molecule has 0 atom stereocenters. The predicted molar refractivity (Wildman–Crippen MR) is 132 cm³/mol. The molecule has 2 aromatic heterocycles. The minimum atomic E-state index is 0.474. The molecule has 0 saturated carbocycles. The lowest BCUT2D eigenvalue weighted by Gasteiger charge is -2.12. The van der Waals surface area contributed by atoms with E-state index in [0.29, 0.717) is 18.3 Å². The Morgan fingerprint density at radius 2 is 1.82 bits per heavy atom. The molecule has 0 aliphatic carbocycles. The number of aromatic nitrogens is 3. The Kier molecular flexibility index (Phi) is 7.15. The summed E-state index contributed by atoms with van der Waals surface area (Å²) in [6, 6.07) is 16.6. The van der Waals surface area contributed by atoms with Gasteiger partial charge in [0.15, 0.2) is 0 Å². The third-order valence-corrected chi connectivity index (χ3v) is 5.67. The number of benzene rings is 2. The van der Waals surface area contributed by atoms with Gasteiger partial charge in [-0.2, -0.15) is 4.98 Å². The van der Waals surface area contributed by atoms with Crippen molar-refractivity contribution in [3.63, 3.8) is 0 Å². The van der Waals surface area contributed by atoms with E-state index in [1.54, 1.807) is 13.3 Å². The summed E-state index contributed by atoms with van der Waals surface area (Å²) in [6.45, 7) is 7.73. The van der Waals surface area contributed by atoms with E-state index in [-0.39, 0.29) is 0 Å². The predicted octanol–water partition coefficient (Wildman–Crippen LogP) is 6.44. The number of ether oxygens (including phenoxy) is 1. The van der Waals surface area contributed by atoms with Crippen molar-refractivity contribution >= 4 is 5.82 Å². The fraction of sp³-hybridized carbons (Fsp3) is 0.296. The molecule has 6 nitrogen and oxygen atoms in total. The highest BCUT2D eigenvalue weighted by atomic mass is 16.5. The monoisotopic (exact) mass is 442 g/mol. The Morgan fingerprint density at radius 3 is 2.58 bits per heavy atom. The number of hydrogen-bond acceptors (Lipinski definition) is 6. The normalized spacial score (nSPS) is 11.0. The molecule has 4 rings (SSSR count). The van der Waals surface area contributed by atoms with Crippen LogP contribution in [0.25, 0.3) is 34.0 Å². The molecule has 0 bridgehead atoms. The molecule has 0 aliphatic rings. The van der Waals surface area contributed by atoms with Gasteiger partial charge < -0.3 is 14.6 Å². The van der Waals surface area contributed by atoms with Crippen molar-refractivity contribution in [1.82, 2.24) is 15.1 Å². The van der Waals surface area contributed by atoms with Crippen LogP contribution < -0.4 is 5.32 Å². The van der Waals surface area contributed by atoms with Gasteiger partial charge in [-0.1, -0.05) is 48.8 Å². The molecule has 4 aromatic rings. The second-order valence-corrected chi connectivity index (χ2v) is 8.21. The Labute approximate surface area is 195 Å². The van der Waals surface area contributed by atoms with Gasteiger partial charge in [0.1, 0.15) is 5.82 Å². The lowest BCUT2D eigenvalue weighted by atomic mass is 9.94. The van der Waals surface area contributed by atoms with Gasteiger partial charge in [-0.3, -0.25) is 0 Å². The lowest BCUT2D eigenvalue weighted by molar-refractivity contribution is 0.185. The summed E-state index contributed by atoms with van der Waals surface area (Å²) in [6.07, 6.45) is 4.05. The molecule has 6 heteroatoms. The van der Waals surface area contributed by atoms with Crippen LogP contribution in [0.2, 0.25) is 0 Å². The van der Waals surface area contributed by atoms with E-state index in [1.165, 1.54) is 11.1 Å². The summed E-state index contributed by atoms with van der Waals surface area (Å²) in [5.74, 6) is 1.89. The van der Waals surface area contributed by atoms with Crippen LogP contribution in [0.5, 0.6) is 0 Å². The number of anilines is 1. The van der Waals surface area contributed by atoms with E-state index in [1.807, 2.05) is 25.1 Å². The highest BCUT2D eigenvalue weighted by molar-refractivity contribution is 5.74. The van der Waals surface area contributed by atoms with Crippen LogP contribution in [-0.2, 0) is 11.3 Å². The molecule has 0 fully saturated rings. The number of unbranched alkanes of at least 4 members (excludes halogenated alkanes) is 1. The summed E-state index contributed by atoms with van der Waals surface area (Å²) >= 11 is 0. The summed E-state index contributed by atoms with van der Waals surface area (Å²) in [5, 5.41) is 7.58. The van der Waals surface area contributed by atoms with E-state index >= 15 is 0 Å². The molecule has 0 radical (unpaired) electrons. The van der Waals surface area contributed by atoms with Crippen LogP contribution in [0, 0.1) is 13.8 Å². The van der Waals surface area contributed by atoms with Crippen LogP contribution in [-0.4, -0.2) is 28.8 Å². The van der Waals surface area contributed by atoms with Crippen molar-refractivity contribution < 1.29 is 9.26 Å². The molecule has 1 N–H and O–H groups in total. The zero-order valence-electron chi connectivity index (χ0n) is 19.7. The number of methoxy groups -OCH3 is 1. The second-order valence-electron chi connectivity index (χ2n) is 8.21. The zero-order chi connectivity index (χ0) is 23.2. The third-order valence-electron chi connectivity index (χ3n) is 5.67. The smallest absolute Gasteiger partial charge is 0.258 e. The van der Waals surface area contributed by atoms with Gasteiger partial charge in [0.05, 0.1) is 6.61 Å². The molecular formula is C27H30N4O2. The standard InChI is InChI=1S/C27H30N4O2/c1-5-6-13-28-25-19(3)14-21(16-29-25)26-30-27(33-31-26)20-11-12-24(22(15-20)17-32-4)23-10-8-7-9-18(23)2/h7-12,14-16H,5-6,13,17H2,1-4H3,(H,28,29). The first kappa shape index (κ1) is 22.7. The third kappa shape index (κ3) is 5.12. The van der Waals surface area contributed by atoms with Crippen molar-refractivity contribution in [3.8, 4) is 34.0 Å². The van der Waals surface area contributed by atoms with Crippen LogP contribution in [0.4, 0.5) is 5.82 Å². The average Bonchev–Trinajstić information content (AvgIpc) is 3.31. The Bertz CT molecular complexity index is 1230. The van der Waals surface area contributed by atoms with Crippen molar-refractivity contribution in [2.75, 3.05) is 19.0 Å². The molecule has 33 heavy (non-hydrogen) atoms. The highest BCUT2D eigenvalue weighted by Gasteiger charge is 2.15. The summed E-state index contributed by atoms with van der Waals surface area (Å²) in [5.41, 5.74) is 7.38. The quantitative estimate of drug-likeness (QED) is 0.301. The van der Waals surface area contributed by atoms with Crippen molar-refractivity contribution in [2.24, 2.45) is 0 Å². The Hall–Kier alpha value is -3.51. The Balaban J connectivity index is 1.61. The fourth-order valence-electron chi connectivity index (χ4n) is 3.86. The molecule has 0 spiro atoms. The van der Waals surface area contributed by atoms with Crippen LogP contribution in [0.15, 0.2) is 59.3 Å². The topological polar surface area (TPSA) is 73.1 Å². The van der Waals surface area contributed by atoms with Crippen LogP contribution in [0.3, 0.4) is 0 Å². The first-order valence-electron chi connectivity index (χ1n) is 11.3. The van der Waals surface area contributed by atoms with Gasteiger partial charge in [-0.25, -0.2) is 4.98 Å². The van der Waals surface area contributed by atoms with Crippen LogP contribution in [0.1, 0.15) is 36.5 Å². The number of pyridine rings is 1. The van der Waals surface area contributed by atoms with Gasteiger partial charge in [-0.05, 0) is 66.3 Å². The summed E-state index contributed by atoms with van der Waals surface area (Å²) in [4.78, 5) is 9.19. The first-order valence-corrected chi connectivity index (χ1v) is 11.3. The highest BCUT2D eigenvalue weighted by Crippen LogP contribution is 2.32. The van der Waals surface area contributed by atoms with Crippen molar-refractivity contribution in [2.45, 2.75) is 40.2 Å². The summed E-state index contributed by atoms with van der Waals surface area (Å²) in [7, 11) is 1.70. The minimum absolute atomic E-state index is 0.474. The SMILES string of the molecule is CCCCNc1ncc(-c2noc(-c3ccc(-c4ccccc4C)c(COC)c3)n2)cc1C. The number of rotatable bonds is 9. The lowest BCUT2D eigenvalue weighted by Crippen LogP contribution is -2.04. The maximum Gasteiger partial charge on any atom is 0.258 e. The van der Waals surface area contributed by atoms with E-state index in [0.717, 1.165) is 53.0 Å². The van der Waals surface area contributed by atoms with Gasteiger partial charge >= 0.3 is 0 Å².